The third kappa shape index (κ3) is 6.93. The highest BCUT2D eigenvalue weighted by atomic mass is 14.7. The zero-order valence-corrected chi connectivity index (χ0v) is 12.1. The van der Waals surface area contributed by atoms with Gasteiger partial charge in [0.05, 0.1) is 0 Å². The average Bonchev–Trinajstić information content (AvgIpc) is 2.32. The van der Waals surface area contributed by atoms with Gasteiger partial charge in [-0.3, -0.25) is 4.99 Å². The normalized spacial score (nSPS) is 14.8. The lowest BCUT2D eigenvalue weighted by atomic mass is 10.0. The molecule has 0 aromatic carbocycles. The summed E-state index contributed by atoms with van der Waals surface area (Å²) in [7, 11) is 0. The Balaban J connectivity index is 5.04. The van der Waals surface area contributed by atoms with E-state index in [1.54, 1.807) is 0 Å². The fourth-order valence-electron chi connectivity index (χ4n) is 1.64. The minimum Gasteiger partial charge on any atom is -0.266 e. The van der Waals surface area contributed by atoms with E-state index in [0.717, 1.165) is 18.5 Å². The molecule has 0 atom stereocenters. The summed E-state index contributed by atoms with van der Waals surface area (Å²) >= 11 is 0. The van der Waals surface area contributed by atoms with E-state index < -0.39 is 0 Å². The van der Waals surface area contributed by atoms with Crippen LogP contribution in [-0.4, -0.2) is 6.21 Å². The molecular formula is C16H27N. The average molecular weight is 233 g/mol. The Kier molecular flexibility index (Phi) is 9.41. The highest BCUT2D eigenvalue weighted by Gasteiger charge is 2.00. The first-order valence-corrected chi connectivity index (χ1v) is 6.70. The fraction of sp³-hybridized carbons (Fsp3) is 0.562. The molecule has 0 aliphatic carbocycles. The molecule has 0 bridgehead atoms. The number of unbranched alkanes of at least 4 members (excludes halogenated alkanes) is 2. The van der Waals surface area contributed by atoms with Gasteiger partial charge in [0.2, 0.25) is 0 Å². The molecule has 0 rings (SSSR count). The van der Waals surface area contributed by atoms with E-state index in [1.807, 2.05) is 13.1 Å². The molecule has 0 radical (unpaired) electrons. The number of hydrogen-bond acceptors (Lipinski definition) is 1. The summed E-state index contributed by atoms with van der Waals surface area (Å²) in [6.07, 6.45) is 13.3. The van der Waals surface area contributed by atoms with E-state index in [0.29, 0.717) is 0 Å². The van der Waals surface area contributed by atoms with E-state index in [2.05, 4.69) is 50.9 Å². The Morgan fingerprint density at radius 1 is 1.06 bits per heavy atom. The summed E-state index contributed by atoms with van der Waals surface area (Å²) < 4.78 is 0. The number of aliphatic imine (C=N–C) groups is 1. The van der Waals surface area contributed by atoms with Crippen LogP contribution in [-0.2, 0) is 0 Å². The SMILES string of the molecule is CC=N/C(C)=C(/C=C\CCC)C(\C)=C\CCC. The van der Waals surface area contributed by atoms with Crippen LogP contribution >= 0.6 is 0 Å². The van der Waals surface area contributed by atoms with Crippen LogP contribution in [0.15, 0.2) is 40.1 Å². The first kappa shape index (κ1) is 15.9. The number of hydrogen-bond donors (Lipinski definition) is 0. The number of nitrogens with zero attached hydrogens (tertiary/aromatic N) is 1. The molecule has 17 heavy (non-hydrogen) atoms. The monoisotopic (exact) mass is 233 g/mol. The van der Waals surface area contributed by atoms with Gasteiger partial charge in [0, 0.05) is 11.9 Å². The molecule has 0 amide bonds. The number of rotatable bonds is 7. The van der Waals surface area contributed by atoms with Crippen molar-refractivity contribution in [2.75, 3.05) is 0 Å². The third-order valence-electron chi connectivity index (χ3n) is 2.62. The largest absolute Gasteiger partial charge is 0.266 e. The van der Waals surface area contributed by atoms with Gasteiger partial charge in [-0.25, -0.2) is 0 Å². The quantitative estimate of drug-likeness (QED) is 0.409. The summed E-state index contributed by atoms with van der Waals surface area (Å²) in [4.78, 5) is 4.40. The maximum Gasteiger partial charge on any atom is 0.0443 e. The van der Waals surface area contributed by atoms with Gasteiger partial charge in [-0.2, -0.15) is 0 Å². The minimum atomic E-state index is 1.10. The first-order valence-electron chi connectivity index (χ1n) is 6.70. The predicted molar refractivity (Wildman–Crippen MR) is 79.6 cm³/mol. The topological polar surface area (TPSA) is 12.4 Å². The molecule has 0 spiro atoms. The Hall–Kier alpha value is -1.11. The van der Waals surface area contributed by atoms with Crippen molar-refractivity contribution in [3.63, 3.8) is 0 Å². The minimum absolute atomic E-state index is 1.10. The Labute approximate surface area is 107 Å². The summed E-state index contributed by atoms with van der Waals surface area (Å²) in [5.41, 5.74) is 3.71. The van der Waals surface area contributed by atoms with Crippen molar-refractivity contribution in [3.05, 3.63) is 35.1 Å². The molecular weight excluding hydrogens is 206 g/mol. The van der Waals surface area contributed by atoms with Crippen molar-refractivity contribution >= 4 is 6.21 Å². The Bertz CT molecular complexity index is 316. The Morgan fingerprint density at radius 2 is 1.71 bits per heavy atom. The maximum absolute atomic E-state index is 4.40. The second kappa shape index (κ2) is 10.1. The van der Waals surface area contributed by atoms with Gasteiger partial charge in [-0.1, -0.05) is 44.9 Å². The van der Waals surface area contributed by atoms with Crippen molar-refractivity contribution in [2.45, 2.75) is 60.3 Å². The van der Waals surface area contributed by atoms with Gasteiger partial charge in [0.1, 0.15) is 0 Å². The van der Waals surface area contributed by atoms with Crippen molar-refractivity contribution < 1.29 is 0 Å². The highest BCUT2D eigenvalue weighted by Crippen LogP contribution is 2.18. The molecule has 96 valence electrons. The first-order chi connectivity index (χ1) is 8.17. The summed E-state index contributed by atoms with van der Waals surface area (Å²) in [6.45, 7) is 10.6. The standard InChI is InChI=1S/C16H27N/c1-6-9-11-13-16(15(5)17-8-3)14(4)12-10-7-2/h8,11-13H,6-7,9-10H2,1-5H3/b13-11-,14-12+,16-15-,17-8?. The van der Waals surface area contributed by atoms with Crippen LogP contribution in [0.2, 0.25) is 0 Å². The van der Waals surface area contributed by atoms with Gasteiger partial charge in [-0.15, -0.1) is 0 Å². The van der Waals surface area contributed by atoms with E-state index in [9.17, 15) is 0 Å². The zero-order valence-electron chi connectivity index (χ0n) is 12.1. The van der Waals surface area contributed by atoms with Crippen LogP contribution in [0.5, 0.6) is 0 Å². The van der Waals surface area contributed by atoms with E-state index >= 15 is 0 Å². The third-order valence-corrected chi connectivity index (χ3v) is 2.62. The summed E-state index contributed by atoms with van der Waals surface area (Å²) in [5, 5.41) is 0. The smallest absolute Gasteiger partial charge is 0.0443 e. The highest BCUT2D eigenvalue weighted by molar-refractivity contribution is 5.56. The van der Waals surface area contributed by atoms with E-state index in [1.165, 1.54) is 24.0 Å². The molecule has 0 heterocycles. The molecule has 0 fully saturated rings. The van der Waals surface area contributed by atoms with E-state index in [-0.39, 0.29) is 0 Å². The lowest BCUT2D eigenvalue weighted by molar-refractivity contribution is 0.947. The predicted octanol–water partition coefficient (Wildman–Crippen LogP) is 5.45. The van der Waals surface area contributed by atoms with Gasteiger partial charge < -0.3 is 0 Å². The molecule has 1 heteroatoms. The Morgan fingerprint density at radius 3 is 2.24 bits per heavy atom. The second-order valence-corrected chi connectivity index (χ2v) is 4.25. The summed E-state index contributed by atoms with van der Waals surface area (Å²) in [6, 6.07) is 0. The molecule has 0 aromatic heterocycles. The summed E-state index contributed by atoms with van der Waals surface area (Å²) in [5.74, 6) is 0. The van der Waals surface area contributed by atoms with Crippen molar-refractivity contribution in [2.24, 2.45) is 4.99 Å². The van der Waals surface area contributed by atoms with Crippen LogP contribution in [0.3, 0.4) is 0 Å². The van der Waals surface area contributed by atoms with E-state index in [4.69, 9.17) is 0 Å². The van der Waals surface area contributed by atoms with Crippen molar-refractivity contribution in [3.8, 4) is 0 Å². The van der Waals surface area contributed by atoms with Crippen LogP contribution in [0.25, 0.3) is 0 Å². The second-order valence-electron chi connectivity index (χ2n) is 4.25. The molecule has 0 saturated heterocycles. The van der Waals surface area contributed by atoms with Gasteiger partial charge in [0.15, 0.2) is 0 Å². The molecule has 0 saturated carbocycles. The molecule has 0 aliphatic heterocycles. The maximum atomic E-state index is 4.40. The lowest BCUT2D eigenvalue weighted by Crippen LogP contribution is -1.87. The number of allylic oxidation sites excluding steroid dienone is 6. The van der Waals surface area contributed by atoms with Crippen LogP contribution in [0, 0.1) is 0 Å². The molecule has 0 aromatic rings. The van der Waals surface area contributed by atoms with Crippen molar-refractivity contribution in [1.29, 1.82) is 0 Å². The lowest BCUT2D eigenvalue weighted by Gasteiger charge is -2.06. The molecule has 0 unspecified atom stereocenters. The van der Waals surface area contributed by atoms with Gasteiger partial charge in [-0.05, 0) is 44.8 Å². The van der Waals surface area contributed by atoms with Crippen LogP contribution in [0.1, 0.15) is 60.3 Å². The van der Waals surface area contributed by atoms with Crippen molar-refractivity contribution in [1.82, 2.24) is 0 Å². The van der Waals surface area contributed by atoms with Gasteiger partial charge >= 0.3 is 0 Å². The van der Waals surface area contributed by atoms with Crippen LogP contribution < -0.4 is 0 Å². The molecule has 0 N–H and O–H groups in total. The molecule has 1 nitrogen and oxygen atoms in total. The zero-order chi connectivity index (χ0) is 13.1. The van der Waals surface area contributed by atoms with Crippen LogP contribution in [0.4, 0.5) is 0 Å². The molecule has 0 aliphatic rings. The van der Waals surface area contributed by atoms with Gasteiger partial charge in [0.25, 0.3) is 0 Å². The fourth-order valence-corrected chi connectivity index (χ4v) is 1.64.